The fourth-order valence-corrected chi connectivity index (χ4v) is 1.43. The quantitative estimate of drug-likeness (QED) is 0.816. The molecule has 0 bridgehead atoms. The Labute approximate surface area is 113 Å². The van der Waals surface area contributed by atoms with E-state index >= 15 is 0 Å². The summed E-state index contributed by atoms with van der Waals surface area (Å²) in [7, 11) is 0. The van der Waals surface area contributed by atoms with Gasteiger partial charge in [-0.3, -0.25) is 4.79 Å². The largest absolute Gasteiger partial charge is 0.399 e. The number of rotatable bonds is 2. The van der Waals surface area contributed by atoms with E-state index in [9.17, 15) is 4.79 Å². The number of hydrogen-bond acceptors (Lipinski definition) is 2. The van der Waals surface area contributed by atoms with E-state index in [1.54, 1.807) is 18.2 Å². The molecule has 1 rings (SSSR count). The van der Waals surface area contributed by atoms with Crippen molar-refractivity contribution in [1.82, 2.24) is 5.32 Å². The molecule has 0 atom stereocenters. The minimum atomic E-state index is -0.167. The first kappa shape index (κ1) is 16.1. The van der Waals surface area contributed by atoms with E-state index in [0.717, 1.165) is 0 Å². The average Bonchev–Trinajstić information content (AvgIpc) is 2.13. The molecule has 0 unspecified atom stereocenters. The fraction of sp³-hybridized carbons (Fsp3) is 0.417. The first-order valence-electron chi connectivity index (χ1n) is 5.13. The van der Waals surface area contributed by atoms with Gasteiger partial charge < -0.3 is 11.1 Å². The molecule has 5 heteroatoms. The van der Waals surface area contributed by atoms with Gasteiger partial charge in [0.05, 0.1) is 10.6 Å². The molecule has 0 radical (unpaired) electrons. The molecule has 0 fully saturated rings. The Morgan fingerprint density at radius 1 is 1.41 bits per heavy atom. The van der Waals surface area contributed by atoms with Crippen LogP contribution in [-0.2, 0) is 0 Å². The van der Waals surface area contributed by atoms with E-state index in [4.69, 9.17) is 17.3 Å². The zero-order chi connectivity index (χ0) is 12.3. The predicted octanol–water partition coefficient (Wildman–Crippen LogP) is 3.12. The Balaban J connectivity index is 0.00000256. The molecule has 17 heavy (non-hydrogen) atoms. The Bertz CT molecular complexity index is 400. The molecule has 96 valence electrons. The van der Waals surface area contributed by atoms with Crippen LogP contribution in [0.5, 0.6) is 0 Å². The molecule has 0 aliphatic heterocycles. The number of halogens is 2. The maximum Gasteiger partial charge on any atom is 0.252 e. The Morgan fingerprint density at radius 3 is 2.47 bits per heavy atom. The van der Waals surface area contributed by atoms with Crippen LogP contribution in [0.25, 0.3) is 0 Å². The Hall–Kier alpha value is -0.930. The average molecular weight is 277 g/mol. The highest BCUT2D eigenvalue weighted by Gasteiger charge is 2.14. The summed E-state index contributed by atoms with van der Waals surface area (Å²) >= 11 is 5.93. The highest BCUT2D eigenvalue weighted by Crippen LogP contribution is 2.19. The molecule has 3 N–H and O–H groups in total. The highest BCUT2D eigenvalue weighted by atomic mass is 35.5. The number of nitrogens with two attached hydrogens (primary N) is 1. The lowest BCUT2D eigenvalue weighted by Gasteiger charge is -2.18. The molecule has 1 aromatic rings. The van der Waals surface area contributed by atoms with Crippen molar-refractivity contribution in [2.24, 2.45) is 5.41 Å². The lowest BCUT2D eigenvalue weighted by atomic mass is 9.97. The second kappa shape index (κ2) is 6.12. The van der Waals surface area contributed by atoms with Crippen molar-refractivity contribution in [3.8, 4) is 0 Å². The topological polar surface area (TPSA) is 55.1 Å². The maximum absolute atomic E-state index is 11.8. The third kappa shape index (κ3) is 5.29. The van der Waals surface area contributed by atoms with Gasteiger partial charge in [-0.25, -0.2) is 0 Å². The zero-order valence-electron chi connectivity index (χ0n) is 10.2. The molecule has 0 aromatic heterocycles. The smallest absolute Gasteiger partial charge is 0.252 e. The van der Waals surface area contributed by atoms with Gasteiger partial charge in [-0.15, -0.1) is 12.4 Å². The van der Waals surface area contributed by atoms with Crippen LogP contribution < -0.4 is 11.1 Å². The molecule has 0 aliphatic rings. The summed E-state index contributed by atoms with van der Waals surface area (Å²) in [4.78, 5) is 11.8. The van der Waals surface area contributed by atoms with Crippen molar-refractivity contribution in [3.63, 3.8) is 0 Å². The summed E-state index contributed by atoms with van der Waals surface area (Å²) in [6.07, 6.45) is 0. The van der Waals surface area contributed by atoms with Gasteiger partial charge in [0.15, 0.2) is 0 Å². The second-order valence-electron chi connectivity index (χ2n) is 4.98. The van der Waals surface area contributed by atoms with Gasteiger partial charge >= 0.3 is 0 Å². The maximum atomic E-state index is 11.8. The van der Waals surface area contributed by atoms with Crippen LogP contribution in [0, 0.1) is 5.41 Å². The number of anilines is 1. The number of carbonyl (C=O) groups excluding carboxylic acids is 1. The standard InChI is InChI=1S/C12H17ClN2O.ClH/c1-12(2,3)7-15-11(16)9-5-4-8(14)6-10(9)13;/h4-6H,7,14H2,1-3H3,(H,15,16);1H. The van der Waals surface area contributed by atoms with E-state index in [-0.39, 0.29) is 23.7 Å². The summed E-state index contributed by atoms with van der Waals surface area (Å²) in [5.41, 5.74) is 6.62. The van der Waals surface area contributed by atoms with Crippen LogP contribution >= 0.6 is 24.0 Å². The summed E-state index contributed by atoms with van der Waals surface area (Å²) < 4.78 is 0. The minimum Gasteiger partial charge on any atom is -0.399 e. The first-order chi connectivity index (χ1) is 7.29. The SMILES string of the molecule is CC(C)(C)CNC(=O)c1ccc(N)cc1Cl.Cl. The Morgan fingerprint density at radius 2 is 2.00 bits per heavy atom. The molecule has 1 amide bonds. The third-order valence-corrected chi connectivity index (χ3v) is 2.33. The number of nitrogen functional groups attached to an aromatic ring is 1. The molecule has 0 heterocycles. The van der Waals surface area contributed by atoms with Crippen LogP contribution in [0.2, 0.25) is 5.02 Å². The van der Waals surface area contributed by atoms with Gasteiger partial charge in [0.2, 0.25) is 0 Å². The van der Waals surface area contributed by atoms with Crippen LogP contribution in [-0.4, -0.2) is 12.5 Å². The van der Waals surface area contributed by atoms with Gasteiger partial charge in [-0.05, 0) is 23.6 Å². The Kier molecular flexibility index (Phi) is 5.79. The highest BCUT2D eigenvalue weighted by molar-refractivity contribution is 6.34. The van der Waals surface area contributed by atoms with Crippen LogP contribution in [0.1, 0.15) is 31.1 Å². The normalized spacial score (nSPS) is 10.6. The predicted molar refractivity (Wildman–Crippen MR) is 74.9 cm³/mol. The summed E-state index contributed by atoms with van der Waals surface area (Å²) in [5.74, 6) is -0.167. The number of carbonyl (C=O) groups is 1. The van der Waals surface area contributed by atoms with E-state index < -0.39 is 0 Å². The summed E-state index contributed by atoms with van der Waals surface area (Å²) in [6, 6.07) is 4.88. The minimum absolute atomic E-state index is 0. The van der Waals surface area contributed by atoms with Crippen molar-refractivity contribution in [2.75, 3.05) is 12.3 Å². The van der Waals surface area contributed by atoms with Crippen molar-refractivity contribution in [2.45, 2.75) is 20.8 Å². The lowest BCUT2D eigenvalue weighted by Crippen LogP contribution is -2.32. The summed E-state index contributed by atoms with van der Waals surface area (Å²) in [5, 5.41) is 3.22. The molecule has 1 aromatic carbocycles. The van der Waals surface area contributed by atoms with Crippen molar-refractivity contribution in [1.29, 1.82) is 0 Å². The number of nitrogens with one attached hydrogen (secondary N) is 1. The molecule has 0 aliphatic carbocycles. The van der Waals surface area contributed by atoms with Crippen LogP contribution in [0.3, 0.4) is 0 Å². The molecular formula is C12H18Cl2N2O. The lowest BCUT2D eigenvalue weighted by molar-refractivity contribution is 0.0939. The van der Waals surface area contributed by atoms with E-state index in [1.807, 2.05) is 0 Å². The monoisotopic (exact) mass is 276 g/mol. The van der Waals surface area contributed by atoms with E-state index in [0.29, 0.717) is 22.8 Å². The molecule has 0 saturated carbocycles. The number of benzene rings is 1. The van der Waals surface area contributed by atoms with Crippen LogP contribution in [0.4, 0.5) is 5.69 Å². The van der Waals surface area contributed by atoms with E-state index in [1.165, 1.54) is 0 Å². The van der Waals surface area contributed by atoms with Crippen LogP contribution in [0.15, 0.2) is 18.2 Å². The number of amides is 1. The van der Waals surface area contributed by atoms with Crippen molar-refractivity contribution in [3.05, 3.63) is 28.8 Å². The summed E-state index contributed by atoms with van der Waals surface area (Å²) in [6.45, 7) is 6.76. The fourth-order valence-electron chi connectivity index (χ4n) is 1.16. The van der Waals surface area contributed by atoms with Gasteiger partial charge in [-0.2, -0.15) is 0 Å². The second-order valence-corrected chi connectivity index (χ2v) is 5.39. The molecule has 0 spiro atoms. The van der Waals surface area contributed by atoms with Crippen molar-refractivity contribution < 1.29 is 4.79 Å². The van der Waals surface area contributed by atoms with Gasteiger partial charge in [0.25, 0.3) is 5.91 Å². The first-order valence-corrected chi connectivity index (χ1v) is 5.50. The molecule has 3 nitrogen and oxygen atoms in total. The van der Waals surface area contributed by atoms with Gasteiger partial charge in [-0.1, -0.05) is 32.4 Å². The molecular weight excluding hydrogens is 259 g/mol. The van der Waals surface area contributed by atoms with Crippen molar-refractivity contribution >= 4 is 35.6 Å². The van der Waals surface area contributed by atoms with Gasteiger partial charge in [0, 0.05) is 12.2 Å². The van der Waals surface area contributed by atoms with Gasteiger partial charge in [0.1, 0.15) is 0 Å². The van der Waals surface area contributed by atoms with E-state index in [2.05, 4.69) is 26.1 Å². The zero-order valence-corrected chi connectivity index (χ0v) is 11.8. The third-order valence-electron chi connectivity index (χ3n) is 2.02. The number of hydrogen-bond donors (Lipinski definition) is 2. The molecule has 0 saturated heterocycles.